The maximum Gasteiger partial charge on any atom is 0.431 e. The van der Waals surface area contributed by atoms with E-state index in [1.807, 2.05) is 6.92 Å². The van der Waals surface area contributed by atoms with Crippen molar-refractivity contribution < 1.29 is 45.7 Å². The Hall–Kier alpha value is -1.84. The molecular weight excluding hydrogens is 721 g/mol. The number of alkyl halides is 7. The number of aliphatic hydroxyl groups is 1. The van der Waals surface area contributed by atoms with E-state index < -0.39 is 36.8 Å². The molecule has 55 heavy (non-hydrogen) atoms. The van der Waals surface area contributed by atoms with Crippen LogP contribution in [-0.2, 0) is 4.79 Å². The van der Waals surface area contributed by atoms with E-state index in [1.54, 1.807) is 0 Å². The third-order valence-corrected chi connectivity index (χ3v) is 14.3. The molecule has 1 unspecified atom stereocenters. The number of carboxylic acids is 1. The molecule has 0 heterocycles. The summed E-state index contributed by atoms with van der Waals surface area (Å²) in [5, 5.41) is 18.7. The Bertz CT molecular complexity index is 1240. The molecule has 4 rings (SSSR count). The van der Waals surface area contributed by atoms with Gasteiger partial charge in [-0.3, -0.25) is 4.79 Å². The van der Waals surface area contributed by atoms with Gasteiger partial charge in [-0.25, -0.2) is 4.39 Å². The minimum absolute atomic E-state index is 0.0112. The number of hydrogen-bond donors (Lipinski definition) is 2. The maximum absolute atomic E-state index is 14.1. The molecule has 0 bridgehead atoms. The molecule has 4 aliphatic rings. The number of carboxylic acid groups (broad SMARTS) is 1. The molecule has 8 atom stereocenters. The molecule has 0 amide bonds. The van der Waals surface area contributed by atoms with Gasteiger partial charge in [-0.1, -0.05) is 102 Å². The van der Waals surface area contributed by atoms with Crippen molar-refractivity contribution in [3.63, 3.8) is 0 Å². The van der Waals surface area contributed by atoms with Gasteiger partial charge in [0.25, 0.3) is 5.67 Å². The van der Waals surface area contributed by atoms with Gasteiger partial charge >= 0.3 is 18.3 Å². The Morgan fingerprint density at radius 3 is 2.05 bits per heavy atom. The van der Waals surface area contributed by atoms with Gasteiger partial charge in [0, 0.05) is 6.42 Å². The fraction of sp³-hybridized carbons (Fsp3) is 0.844. The zero-order chi connectivity index (χ0) is 40.9. The van der Waals surface area contributed by atoms with E-state index in [9.17, 15) is 40.6 Å². The van der Waals surface area contributed by atoms with Gasteiger partial charge in [-0.2, -0.15) is 26.3 Å². The van der Waals surface area contributed by atoms with E-state index in [1.165, 1.54) is 50.5 Å². The third kappa shape index (κ3) is 12.6. The molecule has 2 N–H and O–H groups in total. The van der Waals surface area contributed by atoms with Gasteiger partial charge in [0.15, 0.2) is 0 Å². The van der Waals surface area contributed by atoms with Crippen molar-refractivity contribution in [1.29, 1.82) is 0 Å². The summed E-state index contributed by atoms with van der Waals surface area (Å²) in [5.74, 6) is 1.08. The Labute approximate surface area is 327 Å². The zero-order valence-electron chi connectivity index (χ0n) is 34.1. The van der Waals surface area contributed by atoms with E-state index in [4.69, 9.17) is 5.11 Å². The molecule has 0 aromatic heterocycles. The van der Waals surface area contributed by atoms with Crippen LogP contribution in [0.5, 0.6) is 0 Å². The summed E-state index contributed by atoms with van der Waals surface area (Å²) in [6, 6.07) is 0. The Balaban J connectivity index is 0.000000348. The molecule has 10 heteroatoms. The monoisotopic (exact) mass is 793 g/mol. The predicted molar refractivity (Wildman–Crippen MR) is 207 cm³/mol. The van der Waals surface area contributed by atoms with Gasteiger partial charge in [0.2, 0.25) is 0 Å². The number of allylic oxidation sites excluding steroid dienone is 5. The summed E-state index contributed by atoms with van der Waals surface area (Å²) in [6.07, 6.45) is 18.2. The number of aliphatic carboxylic acids is 1. The molecule has 0 radical (unpaired) electrons. The van der Waals surface area contributed by atoms with Gasteiger partial charge in [-0.15, -0.1) is 0 Å². The van der Waals surface area contributed by atoms with Crippen LogP contribution in [0.15, 0.2) is 36.0 Å². The van der Waals surface area contributed by atoms with Gasteiger partial charge in [0.1, 0.15) is 0 Å². The van der Waals surface area contributed by atoms with E-state index in [0.29, 0.717) is 24.2 Å². The van der Waals surface area contributed by atoms with Crippen LogP contribution >= 0.6 is 0 Å². The van der Waals surface area contributed by atoms with Gasteiger partial charge in [-0.05, 0) is 143 Å². The molecule has 0 aliphatic heterocycles. The Morgan fingerprint density at radius 2 is 1.44 bits per heavy atom. The maximum atomic E-state index is 14.1. The fourth-order valence-electron chi connectivity index (χ4n) is 11.0. The van der Waals surface area contributed by atoms with E-state index in [-0.39, 0.29) is 35.2 Å². The first-order valence-electron chi connectivity index (χ1n) is 21.5. The molecule has 0 spiro atoms. The van der Waals surface area contributed by atoms with E-state index in [2.05, 4.69) is 51.2 Å². The van der Waals surface area contributed by atoms with Crippen LogP contribution < -0.4 is 0 Å². The van der Waals surface area contributed by atoms with Crippen molar-refractivity contribution in [3.05, 3.63) is 36.0 Å². The Morgan fingerprint density at radius 1 is 0.818 bits per heavy atom. The first-order valence-corrected chi connectivity index (χ1v) is 21.5. The third-order valence-electron chi connectivity index (χ3n) is 14.3. The average molecular weight is 793 g/mol. The summed E-state index contributed by atoms with van der Waals surface area (Å²) in [5.41, 5.74) is -3.62. The van der Waals surface area contributed by atoms with Crippen molar-refractivity contribution >= 4 is 5.97 Å². The summed E-state index contributed by atoms with van der Waals surface area (Å²) in [7, 11) is 0. The first-order chi connectivity index (χ1) is 25.8. The van der Waals surface area contributed by atoms with Crippen LogP contribution in [0.3, 0.4) is 0 Å². The van der Waals surface area contributed by atoms with Gasteiger partial charge < -0.3 is 10.2 Å². The largest absolute Gasteiger partial charge is 0.481 e. The summed E-state index contributed by atoms with van der Waals surface area (Å²) >= 11 is 0. The lowest BCUT2D eigenvalue weighted by Gasteiger charge is -2.58. The summed E-state index contributed by atoms with van der Waals surface area (Å²) in [6.45, 7) is 8.79. The minimum atomic E-state index is -5.96. The smallest absolute Gasteiger partial charge is 0.431 e. The number of aliphatic hydroxyl groups excluding tert-OH is 1. The standard InChI is InChI=1S/C27H39F7O.C18H32O2/c1-16(5-4-12-25(28,26(29,30)31)27(32,33)34)20-8-9-21-19-7-6-17-15-18(35)10-13-23(17,2)22(19)11-14-24(20,21)3;1-2-3-4-5-6-7-8-9-10-11-12-13-14-15-16-17-18(19)20/h6,16,18-22,35H,4-5,7-15H2,1-3H3;6-7,9-10H,2-5,8,11-17H2,1H3,(H,19,20)/b;7-6-,10-9-/t16?,18-,19-,20+,21-,22-,23-,24+;/m0./s1. The quantitative estimate of drug-likeness (QED) is 0.0778. The molecule has 4 aliphatic carbocycles. The molecule has 3 saturated carbocycles. The highest BCUT2D eigenvalue weighted by Crippen LogP contribution is 2.67. The molecular formula is C45H71F7O3. The summed E-state index contributed by atoms with van der Waals surface area (Å²) in [4.78, 5) is 10.3. The number of carbonyl (C=O) groups is 1. The van der Waals surface area contributed by atoms with Gasteiger partial charge in [0.05, 0.1) is 6.10 Å². The number of halogens is 7. The second-order valence-corrected chi connectivity index (χ2v) is 17.9. The highest BCUT2D eigenvalue weighted by Gasteiger charge is 2.71. The van der Waals surface area contributed by atoms with Crippen molar-refractivity contribution in [2.75, 3.05) is 0 Å². The van der Waals surface area contributed by atoms with Crippen molar-refractivity contribution in [3.8, 4) is 0 Å². The minimum Gasteiger partial charge on any atom is -0.481 e. The lowest BCUT2D eigenvalue weighted by molar-refractivity contribution is -0.343. The van der Waals surface area contributed by atoms with Crippen molar-refractivity contribution in [2.45, 2.75) is 199 Å². The van der Waals surface area contributed by atoms with E-state index >= 15 is 0 Å². The highest BCUT2D eigenvalue weighted by molar-refractivity contribution is 5.66. The van der Waals surface area contributed by atoms with Crippen molar-refractivity contribution in [1.82, 2.24) is 0 Å². The number of rotatable bonds is 19. The molecule has 0 saturated heterocycles. The summed E-state index contributed by atoms with van der Waals surface area (Å²) < 4.78 is 91.6. The zero-order valence-corrected chi connectivity index (χ0v) is 34.1. The number of hydrogen-bond acceptors (Lipinski definition) is 2. The average Bonchev–Trinajstić information content (AvgIpc) is 3.46. The second kappa shape index (κ2) is 21.2. The first kappa shape index (κ1) is 47.5. The van der Waals surface area contributed by atoms with Crippen LogP contribution in [0.1, 0.15) is 175 Å². The van der Waals surface area contributed by atoms with Crippen LogP contribution in [0.2, 0.25) is 0 Å². The highest BCUT2D eigenvalue weighted by atomic mass is 19.4. The van der Waals surface area contributed by atoms with Crippen LogP contribution in [0.25, 0.3) is 0 Å². The van der Waals surface area contributed by atoms with Crippen molar-refractivity contribution in [2.24, 2.45) is 40.4 Å². The number of unbranched alkanes of at least 4 members (excludes halogenated alkanes) is 8. The normalized spacial score (nSPS) is 30.3. The van der Waals surface area contributed by atoms with Crippen LogP contribution in [0, 0.1) is 40.4 Å². The van der Waals surface area contributed by atoms with E-state index in [0.717, 1.165) is 77.0 Å². The molecule has 0 aromatic rings. The molecule has 318 valence electrons. The fourth-order valence-corrected chi connectivity index (χ4v) is 11.0. The SMILES string of the molecule is CC(CCCC(F)(C(F)(F)F)C(F)(F)F)[C@H]1CC[C@H]2[C@@H]3CC=C4C[C@@H](O)CC[C@]4(C)[C@H]3CC[C@]12C.CCCCC/C=C\C/C=C\CCCCCCCC(=O)O. The van der Waals surface area contributed by atoms with Crippen LogP contribution in [0.4, 0.5) is 30.7 Å². The molecule has 0 aromatic carbocycles. The number of fused-ring (bicyclic) bond motifs is 5. The topological polar surface area (TPSA) is 57.5 Å². The molecule has 3 fully saturated rings. The Kier molecular flexibility index (Phi) is 18.4. The molecule has 3 nitrogen and oxygen atoms in total. The lowest BCUT2D eigenvalue weighted by atomic mass is 9.47. The lowest BCUT2D eigenvalue weighted by Crippen LogP contribution is -2.53. The second-order valence-electron chi connectivity index (χ2n) is 17.9. The van der Waals surface area contributed by atoms with Crippen LogP contribution in [-0.4, -0.2) is 40.3 Å². The predicted octanol–water partition coefficient (Wildman–Crippen LogP) is 14.5.